The molecule has 2 fully saturated rings. The van der Waals surface area contributed by atoms with E-state index in [1.807, 2.05) is 25.7 Å². The smallest absolute Gasteiger partial charge is 0.230 e. The van der Waals surface area contributed by atoms with Crippen molar-refractivity contribution in [2.24, 2.45) is 17.3 Å². The van der Waals surface area contributed by atoms with Gasteiger partial charge in [0.2, 0.25) is 5.91 Å². The molecule has 0 bridgehead atoms. The molecular weight excluding hydrogens is 413 g/mol. The fourth-order valence-electron chi connectivity index (χ4n) is 3.50. The molecule has 0 heterocycles. The van der Waals surface area contributed by atoms with Gasteiger partial charge in [-0.05, 0) is 55.5 Å². The average Bonchev–Trinajstić information content (AvgIpc) is 3.46. The molecule has 0 aromatic heterocycles. The lowest BCUT2D eigenvalue weighted by Crippen LogP contribution is -2.39. The van der Waals surface area contributed by atoms with Gasteiger partial charge in [-0.2, -0.15) is 0 Å². The van der Waals surface area contributed by atoms with Gasteiger partial charge in [0.25, 0.3) is 0 Å². The van der Waals surface area contributed by atoms with E-state index in [9.17, 15) is 9.59 Å². The summed E-state index contributed by atoms with van der Waals surface area (Å²) in [7, 11) is 0. The standard InChI is InChI=1S/C22H29Cl2NO2S/c1-22(2,3)21(27)28-19-12-17(24)16(23)11-18(19)25(13-14-9-10-14)20(26)15-7-5-4-6-8-15/h11-12,14-15H,4-10,13H2,1-3H3. The van der Waals surface area contributed by atoms with Crippen LogP contribution in [0.5, 0.6) is 0 Å². The number of amides is 1. The van der Waals surface area contributed by atoms with Crippen molar-refractivity contribution in [3.05, 3.63) is 22.2 Å². The lowest BCUT2D eigenvalue weighted by Gasteiger charge is -2.31. The highest BCUT2D eigenvalue weighted by Crippen LogP contribution is 2.43. The van der Waals surface area contributed by atoms with Gasteiger partial charge in [-0.15, -0.1) is 0 Å². The van der Waals surface area contributed by atoms with E-state index in [0.717, 1.165) is 60.9 Å². The van der Waals surface area contributed by atoms with Crippen molar-refractivity contribution in [2.45, 2.75) is 70.6 Å². The number of anilines is 1. The van der Waals surface area contributed by atoms with E-state index < -0.39 is 5.41 Å². The van der Waals surface area contributed by atoms with Crippen molar-refractivity contribution in [1.82, 2.24) is 0 Å². The molecule has 0 spiro atoms. The molecule has 1 aromatic rings. The van der Waals surface area contributed by atoms with Crippen LogP contribution in [0.1, 0.15) is 65.7 Å². The second kappa shape index (κ2) is 8.97. The third-order valence-electron chi connectivity index (χ3n) is 5.47. The van der Waals surface area contributed by atoms with E-state index >= 15 is 0 Å². The highest BCUT2D eigenvalue weighted by atomic mass is 35.5. The molecule has 2 aliphatic rings. The van der Waals surface area contributed by atoms with Crippen LogP contribution in [-0.4, -0.2) is 17.6 Å². The number of carbonyl (C=O) groups excluding carboxylic acids is 2. The second-order valence-corrected chi connectivity index (χ2v) is 10.9. The number of nitrogens with zero attached hydrogens (tertiary/aromatic N) is 1. The maximum Gasteiger partial charge on any atom is 0.230 e. The zero-order valence-electron chi connectivity index (χ0n) is 16.9. The molecule has 28 heavy (non-hydrogen) atoms. The zero-order chi connectivity index (χ0) is 20.5. The molecule has 0 atom stereocenters. The Kier molecular flexibility index (Phi) is 7.05. The van der Waals surface area contributed by atoms with Crippen molar-refractivity contribution in [1.29, 1.82) is 0 Å². The quantitative estimate of drug-likeness (QED) is 0.462. The van der Waals surface area contributed by atoms with Crippen LogP contribution in [-0.2, 0) is 9.59 Å². The third kappa shape index (κ3) is 5.46. The fourth-order valence-corrected chi connectivity index (χ4v) is 4.84. The molecule has 0 radical (unpaired) electrons. The number of benzene rings is 1. The van der Waals surface area contributed by atoms with Gasteiger partial charge in [0, 0.05) is 22.8 Å². The van der Waals surface area contributed by atoms with Crippen LogP contribution in [0.25, 0.3) is 0 Å². The Hall–Kier alpha value is -0.710. The Morgan fingerprint density at radius 1 is 1.04 bits per heavy atom. The summed E-state index contributed by atoms with van der Waals surface area (Å²) >= 11 is 13.8. The van der Waals surface area contributed by atoms with Gasteiger partial charge in [-0.1, -0.05) is 63.2 Å². The summed E-state index contributed by atoms with van der Waals surface area (Å²) < 4.78 is 0. The van der Waals surface area contributed by atoms with Crippen LogP contribution in [0.15, 0.2) is 17.0 Å². The first kappa shape index (κ1) is 22.0. The van der Waals surface area contributed by atoms with Crippen molar-refractivity contribution in [2.75, 3.05) is 11.4 Å². The first-order valence-corrected chi connectivity index (χ1v) is 11.8. The van der Waals surface area contributed by atoms with E-state index in [1.54, 1.807) is 12.1 Å². The topological polar surface area (TPSA) is 37.4 Å². The van der Waals surface area contributed by atoms with Crippen LogP contribution >= 0.6 is 35.0 Å². The third-order valence-corrected chi connectivity index (χ3v) is 7.53. The zero-order valence-corrected chi connectivity index (χ0v) is 19.2. The molecule has 1 aromatic carbocycles. The van der Waals surface area contributed by atoms with Gasteiger partial charge in [0.05, 0.1) is 15.7 Å². The Morgan fingerprint density at radius 3 is 2.21 bits per heavy atom. The van der Waals surface area contributed by atoms with Crippen molar-refractivity contribution < 1.29 is 9.59 Å². The van der Waals surface area contributed by atoms with Crippen molar-refractivity contribution >= 4 is 51.7 Å². The number of carbonyl (C=O) groups is 2. The largest absolute Gasteiger partial charge is 0.311 e. The van der Waals surface area contributed by atoms with Crippen LogP contribution in [0.2, 0.25) is 10.0 Å². The number of hydrogen-bond donors (Lipinski definition) is 0. The monoisotopic (exact) mass is 441 g/mol. The maximum absolute atomic E-state index is 13.4. The SMILES string of the molecule is CC(C)(C)C(=O)Sc1cc(Cl)c(Cl)cc1N(CC1CC1)C(=O)C1CCCCC1. The Balaban J connectivity index is 1.96. The van der Waals surface area contributed by atoms with Gasteiger partial charge in [0.1, 0.15) is 0 Å². The Morgan fingerprint density at radius 2 is 1.64 bits per heavy atom. The highest BCUT2D eigenvalue weighted by molar-refractivity contribution is 8.13. The van der Waals surface area contributed by atoms with Gasteiger partial charge in [-0.25, -0.2) is 0 Å². The second-order valence-electron chi connectivity index (χ2n) is 9.10. The van der Waals surface area contributed by atoms with E-state index in [4.69, 9.17) is 23.2 Å². The molecule has 3 rings (SSSR count). The fraction of sp³-hybridized carbons (Fsp3) is 0.636. The minimum Gasteiger partial charge on any atom is -0.311 e. The van der Waals surface area contributed by atoms with E-state index in [-0.39, 0.29) is 16.9 Å². The molecule has 0 saturated heterocycles. The molecule has 1 amide bonds. The summed E-state index contributed by atoms with van der Waals surface area (Å²) in [6, 6.07) is 3.51. The molecule has 2 saturated carbocycles. The normalized spacial score (nSPS) is 18.2. The van der Waals surface area contributed by atoms with Crippen LogP contribution in [0.4, 0.5) is 5.69 Å². The Labute approximate surface area is 182 Å². The summed E-state index contributed by atoms with van der Waals surface area (Å²) in [5, 5.41) is 0.871. The van der Waals surface area contributed by atoms with Crippen molar-refractivity contribution in [3.63, 3.8) is 0 Å². The van der Waals surface area contributed by atoms with Gasteiger partial charge in [-0.3, -0.25) is 9.59 Å². The van der Waals surface area contributed by atoms with Crippen molar-refractivity contribution in [3.8, 4) is 0 Å². The minimum absolute atomic E-state index is 0.0450. The lowest BCUT2D eigenvalue weighted by atomic mass is 9.88. The van der Waals surface area contributed by atoms with Crippen LogP contribution in [0.3, 0.4) is 0 Å². The first-order chi connectivity index (χ1) is 13.2. The molecule has 0 unspecified atom stereocenters. The number of thioether (sulfide) groups is 1. The predicted octanol–water partition coefficient (Wildman–Crippen LogP) is 6.98. The molecule has 3 nitrogen and oxygen atoms in total. The number of rotatable bonds is 5. The first-order valence-electron chi connectivity index (χ1n) is 10.2. The summed E-state index contributed by atoms with van der Waals surface area (Å²) in [5.74, 6) is 0.784. The number of halogens is 2. The number of hydrogen-bond acceptors (Lipinski definition) is 3. The van der Waals surface area contributed by atoms with E-state index in [0.29, 0.717) is 22.5 Å². The predicted molar refractivity (Wildman–Crippen MR) is 118 cm³/mol. The highest BCUT2D eigenvalue weighted by Gasteiger charge is 2.34. The maximum atomic E-state index is 13.4. The summed E-state index contributed by atoms with van der Waals surface area (Å²) in [6.45, 7) is 6.39. The lowest BCUT2D eigenvalue weighted by molar-refractivity contribution is -0.123. The van der Waals surface area contributed by atoms with Gasteiger partial charge >= 0.3 is 0 Å². The van der Waals surface area contributed by atoms with Crippen LogP contribution in [0, 0.1) is 17.3 Å². The molecule has 0 aliphatic heterocycles. The van der Waals surface area contributed by atoms with Gasteiger partial charge < -0.3 is 4.90 Å². The summed E-state index contributed by atoms with van der Waals surface area (Å²) in [5.41, 5.74) is 0.252. The molecule has 0 N–H and O–H groups in total. The molecule has 2 aliphatic carbocycles. The van der Waals surface area contributed by atoms with Crippen LogP contribution < -0.4 is 4.90 Å². The van der Waals surface area contributed by atoms with Gasteiger partial charge in [0.15, 0.2) is 5.12 Å². The molecule has 154 valence electrons. The minimum atomic E-state index is -0.483. The summed E-state index contributed by atoms with van der Waals surface area (Å²) in [4.78, 5) is 28.8. The summed E-state index contributed by atoms with van der Waals surface area (Å²) in [6.07, 6.45) is 7.63. The van der Waals surface area contributed by atoms with E-state index in [2.05, 4.69) is 0 Å². The van der Waals surface area contributed by atoms with E-state index in [1.165, 1.54) is 6.42 Å². The molecular formula is C22H29Cl2NO2S. The Bertz CT molecular complexity index is 750. The average molecular weight is 442 g/mol. The molecule has 6 heteroatoms.